The number of benzene rings is 2. The number of hydrogen-bond donors (Lipinski definition) is 0. The maximum atomic E-state index is 12.4. The molecule has 1 aliphatic heterocycles. The Hall–Kier alpha value is -2.47. The predicted octanol–water partition coefficient (Wildman–Crippen LogP) is 3.93. The summed E-state index contributed by atoms with van der Waals surface area (Å²) in [7, 11) is 0. The summed E-state index contributed by atoms with van der Waals surface area (Å²) in [4.78, 5) is 12.4. The van der Waals surface area contributed by atoms with E-state index < -0.39 is 0 Å². The van der Waals surface area contributed by atoms with Crippen LogP contribution >= 0.6 is 11.5 Å². The normalized spacial score (nSPS) is 17.3. The highest BCUT2D eigenvalue weighted by molar-refractivity contribution is 7.12. The summed E-state index contributed by atoms with van der Waals surface area (Å²) in [6.45, 7) is 3.92. The third kappa shape index (κ3) is 2.73. The molecule has 6 heteroatoms. The fourth-order valence-electron chi connectivity index (χ4n) is 2.90. The first kappa shape index (κ1) is 15.1. The summed E-state index contributed by atoms with van der Waals surface area (Å²) in [5.74, 6) is 0.564. The molecule has 0 saturated heterocycles. The predicted molar refractivity (Wildman–Crippen MR) is 91.5 cm³/mol. The molecule has 122 valence electrons. The van der Waals surface area contributed by atoms with Crippen LogP contribution in [0.5, 0.6) is 5.75 Å². The van der Waals surface area contributed by atoms with Gasteiger partial charge < -0.3 is 9.47 Å². The lowest BCUT2D eigenvalue weighted by molar-refractivity contribution is 0.0338. The van der Waals surface area contributed by atoms with Gasteiger partial charge in [0.15, 0.2) is 0 Å². The Morgan fingerprint density at radius 1 is 1.33 bits per heavy atom. The quantitative estimate of drug-likeness (QED) is 0.676. The average molecular weight is 340 g/mol. The molecule has 0 bridgehead atoms. The van der Waals surface area contributed by atoms with E-state index in [0.29, 0.717) is 11.1 Å². The highest BCUT2D eigenvalue weighted by Gasteiger charge is 2.21. The molecule has 0 fully saturated rings. The second kappa shape index (κ2) is 5.87. The SMILES string of the molecule is CC1Cc2cc([C@@H](C)OC(=O)c3ccc4snnc4c3)ccc2O1. The van der Waals surface area contributed by atoms with Crippen molar-refractivity contribution in [1.82, 2.24) is 9.59 Å². The zero-order valence-electron chi connectivity index (χ0n) is 13.4. The second-order valence-corrected chi connectivity index (χ2v) is 6.79. The fourth-order valence-corrected chi connectivity index (χ4v) is 3.44. The number of fused-ring (bicyclic) bond motifs is 2. The molecule has 2 heterocycles. The molecule has 1 unspecified atom stereocenters. The molecule has 1 aliphatic rings. The molecule has 0 N–H and O–H groups in total. The summed E-state index contributed by atoms with van der Waals surface area (Å²) in [6.07, 6.45) is 0.756. The van der Waals surface area contributed by atoms with E-state index in [1.807, 2.05) is 32.0 Å². The third-order valence-corrected chi connectivity index (χ3v) is 4.86. The van der Waals surface area contributed by atoms with Crippen molar-refractivity contribution in [3.05, 3.63) is 53.1 Å². The first-order valence-electron chi connectivity index (χ1n) is 7.83. The van der Waals surface area contributed by atoms with Gasteiger partial charge >= 0.3 is 5.97 Å². The Labute approximate surface area is 143 Å². The van der Waals surface area contributed by atoms with E-state index in [4.69, 9.17) is 9.47 Å². The monoisotopic (exact) mass is 340 g/mol. The maximum Gasteiger partial charge on any atom is 0.338 e. The Kier molecular flexibility index (Phi) is 3.69. The minimum absolute atomic E-state index is 0.201. The molecule has 0 spiro atoms. The number of carbonyl (C=O) groups excluding carboxylic acids is 1. The van der Waals surface area contributed by atoms with Crippen molar-refractivity contribution in [2.45, 2.75) is 32.5 Å². The van der Waals surface area contributed by atoms with E-state index in [9.17, 15) is 4.79 Å². The zero-order valence-corrected chi connectivity index (χ0v) is 14.2. The molecule has 5 nitrogen and oxygen atoms in total. The molecule has 0 radical (unpaired) electrons. The van der Waals surface area contributed by atoms with Gasteiger partial charge in [-0.1, -0.05) is 10.6 Å². The summed E-state index contributed by atoms with van der Waals surface area (Å²) in [6, 6.07) is 11.3. The van der Waals surface area contributed by atoms with Crippen LogP contribution in [0.1, 0.15) is 41.4 Å². The van der Waals surface area contributed by atoms with Gasteiger partial charge in [0, 0.05) is 6.42 Å². The number of hydrogen-bond acceptors (Lipinski definition) is 6. The van der Waals surface area contributed by atoms with Crippen molar-refractivity contribution >= 4 is 27.7 Å². The Morgan fingerprint density at radius 3 is 3.08 bits per heavy atom. The van der Waals surface area contributed by atoms with Gasteiger partial charge in [-0.05, 0) is 66.8 Å². The van der Waals surface area contributed by atoms with Gasteiger partial charge in [0.2, 0.25) is 0 Å². The number of carbonyl (C=O) groups is 1. The molecule has 3 aromatic rings. The summed E-state index contributed by atoms with van der Waals surface area (Å²) < 4.78 is 16.1. The van der Waals surface area contributed by atoms with Gasteiger partial charge in [0.1, 0.15) is 23.5 Å². The Morgan fingerprint density at radius 2 is 2.21 bits per heavy atom. The van der Waals surface area contributed by atoms with E-state index in [0.717, 1.165) is 28.0 Å². The number of ether oxygens (including phenoxy) is 2. The van der Waals surface area contributed by atoms with Crippen LogP contribution in [-0.4, -0.2) is 21.7 Å². The van der Waals surface area contributed by atoms with Crippen LogP contribution < -0.4 is 4.74 Å². The van der Waals surface area contributed by atoms with Gasteiger partial charge in [-0.3, -0.25) is 0 Å². The molecule has 2 atom stereocenters. The number of rotatable bonds is 3. The van der Waals surface area contributed by atoms with Gasteiger partial charge in [-0.15, -0.1) is 5.10 Å². The first-order valence-corrected chi connectivity index (χ1v) is 8.60. The second-order valence-electron chi connectivity index (χ2n) is 6.00. The summed E-state index contributed by atoms with van der Waals surface area (Å²) >= 11 is 1.30. The zero-order chi connectivity index (χ0) is 16.7. The topological polar surface area (TPSA) is 61.3 Å². The van der Waals surface area contributed by atoms with E-state index >= 15 is 0 Å². The molecular formula is C18H16N2O3S. The summed E-state index contributed by atoms with van der Waals surface area (Å²) in [5, 5.41) is 3.99. The van der Waals surface area contributed by atoms with Gasteiger partial charge in [0.25, 0.3) is 0 Å². The standard InChI is InChI=1S/C18H16N2O3S/c1-10-7-14-8-12(3-5-16(14)22-10)11(2)23-18(21)13-4-6-17-15(9-13)19-20-24-17/h3-6,8-11H,7H2,1-2H3/t10?,11-/m1/s1. The van der Waals surface area contributed by atoms with Crippen LogP contribution in [-0.2, 0) is 11.2 Å². The van der Waals surface area contributed by atoms with E-state index in [1.165, 1.54) is 11.5 Å². The molecular weight excluding hydrogens is 324 g/mol. The van der Waals surface area contributed by atoms with Crippen molar-refractivity contribution in [2.75, 3.05) is 0 Å². The lowest BCUT2D eigenvalue weighted by Gasteiger charge is -2.14. The van der Waals surface area contributed by atoms with Crippen LogP contribution in [0.15, 0.2) is 36.4 Å². The van der Waals surface area contributed by atoms with Crippen LogP contribution in [0.4, 0.5) is 0 Å². The van der Waals surface area contributed by atoms with Gasteiger partial charge in [0.05, 0.1) is 10.3 Å². The van der Waals surface area contributed by atoms with Crippen LogP contribution in [0.3, 0.4) is 0 Å². The van der Waals surface area contributed by atoms with E-state index in [2.05, 4.69) is 15.7 Å². The molecule has 1 aromatic heterocycles. The molecule has 0 amide bonds. The minimum Gasteiger partial charge on any atom is -0.490 e. The van der Waals surface area contributed by atoms with Crippen molar-refractivity contribution in [2.24, 2.45) is 0 Å². The largest absolute Gasteiger partial charge is 0.490 e. The fraction of sp³-hybridized carbons (Fsp3) is 0.278. The first-order chi connectivity index (χ1) is 11.6. The van der Waals surface area contributed by atoms with Crippen molar-refractivity contribution < 1.29 is 14.3 Å². The molecule has 0 aliphatic carbocycles. The van der Waals surface area contributed by atoms with Crippen LogP contribution in [0.2, 0.25) is 0 Å². The lowest BCUT2D eigenvalue weighted by atomic mass is 10.0. The van der Waals surface area contributed by atoms with Crippen molar-refractivity contribution in [3.8, 4) is 5.75 Å². The average Bonchev–Trinajstić information content (AvgIpc) is 3.17. The highest BCUT2D eigenvalue weighted by atomic mass is 32.1. The number of nitrogens with zero attached hydrogens (tertiary/aromatic N) is 2. The van der Waals surface area contributed by atoms with E-state index in [-0.39, 0.29) is 18.2 Å². The summed E-state index contributed by atoms with van der Waals surface area (Å²) in [5.41, 5.74) is 3.33. The van der Waals surface area contributed by atoms with E-state index in [1.54, 1.807) is 12.1 Å². The highest BCUT2D eigenvalue weighted by Crippen LogP contribution is 2.32. The number of esters is 1. The van der Waals surface area contributed by atoms with Gasteiger partial charge in [-0.25, -0.2) is 4.79 Å². The van der Waals surface area contributed by atoms with Crippen molar-refractivity contribution in [3.63, 3.8) is 0 Å². The minimum atomic E-state index is -0.359. The molecule has 0 saturated carbocycles. The Balaban J connectivity index is 1.52. The molecule has 24 heavy (non-hydrogen) atoms. The number of aromatic nitrogens is 2. The molecule has 2 aromatic carbocycles. The molecule has 4 rings (SSSR count). The van der Waals surface area contributed by atoms with Crippen molar-refractivity contribution in [1.29, 1.82) is 0 Å². The maximum absolute atomic E-state index is 12.4. The lowest BCUT2D eigenvalue weighted by Crippen LogP contribution is -2.09. The third-order valence-electron chi connectivity index (χ3n) is 4.16. The Bertz CT molecular complexity index is 922. The van der Waals surface area contributed by atoms with Gasteiger partial charge in [-0.2, -0.15) is 0 Å². The smallest absolute Gasteiger partial charge is 0.338 e. The van der Waals surface area contributed by atoms with Crippen LogP contribution in [0.25, 0.3) is 10.2 Å². The van der Waals surface area contributed by atoms with Crippen LogP contribution in [0, 0.1) is 0 Å².